The van der Waals surface area contributed by atoms with Gasteiger partial charge in [-0.25, -0.2) is 4.79 Å². The van der Waals surface area contributed by atoms with Gasteiger partial charge in [0.1, 0.15) is 0 Å². The van der Waals surface area contributed by atoms with Crippen LogP contribution in [0.1, 0.15) is 51.2 Å². The molecule has 0 aliphatic carbocycles. The molecular weight excluding hydrogens is 394 g/mol. The smallest absolute Gasteiger partial charge is 0.331 e. The summed E-state index contributed by atoms with van der Waals surface area (Å²) in [5.74, 6) is 0.534. The molecular formula is C25H31NO5. The molecule has 2 rings (SSSR count). The van der Waals surface area contributed by atoms with E-state index >= 15 is 0 Å². The third-order valence-corrected chi connectivity index (χ3v) is 4.92. The van der Waals surface area contributed by atoms with Crippen LogP contribution in [0, 0.1) is 0 Å². The van der Waals surface area contributed by atoms with Crippen LogP contribution in [0.5, 0.6) is 11.5 Å². The van der Waals surface area contributed by atoms with E-state index in [1.165, 1.54) is 6.08 Å². The molecule has 2 atom stereocenters. The number of amides is 1. The Morgan fingerprint density at radius 3 is 2.48 bits per heavy atom. The Kier molecular flexibility index (Phi) is 9.13. The lowest BCUT2D eigenvalue weighted by Gasteiger charge is -2.17. The number of carbonyl (C=O) groups excluding carboxylic acids is 2. The number of methoxy groups -OCH3 is 1. The molecule has 0 saturated heterocycles. The lowest BCUT2D eigenvalue weighted by atomic mass is 9.97. The second kappa shape index (κ2) is 11.8. The Balaban J connectivity index is 1.99. The maximum atomic E-state index is 12.5. The molecule has 0 aliphatic rings. The van der Waals surface area contributed by atoms with E-state index in [1.54, 1.807) is 38.3 Å². The number of ether oxygens (including phenoxy) is 3. The molecule has 0 heterocycles. The van der Waals surface area contributed by atoms with Crippen LogP contribution in [0.25, 0.3) is 6.08 Å². The van der Waals surface area contributed by atoms with Gasteiger partial charge in [0.2, 0.25) is 0 Å². The number of para-hydroxylation sites is 1. The minimum atomic E-state index is -0.933. The fourth-order valence-electron chi connectivity index (χ4n) is 2.99. The van der Waals surface area contributed by atoms with Gasteiger partial charge < -0.3 is 19.5 Å². The van der Waals surface area contributed by atoms with Crippen LogP contribution in [-0.2, 0) is 14.3 Å². The second-order valence-corrected chi connectivity index (χ2v) is 7.14. The predicted molar refractivity (Wildman–Crippen MR) is 123 cm³/mol. The molecule has 2 aromatic carbocycles. The SMILES string of the molecule is CCOc1ccc(/C=C/C(=O)O[C@@H](C)C(=O)Nc2ccccc2[C@H](C)CC)cc1OC. The van der Waals surface area contributed by atoms with Gasteiger partial charge in [-0.2, -0.15) is 0 Å². The Labute approximate surface area is 184 Å². The van der Waals surface area contributed by atoms with Gasteiger partial charge in [0.25, 0.3) is 5.91 Å². The van der Waals surface area contributed by atoms with Crippen LogP contribution in [0.4, 0.5) is 5.69 Å². The normalized spacial score (nSPS) is 12.8. The summed E-state index contributed by atoms with van der Waals surface area (Å²) in [6.45, 7) is 8.17. The molecule has 0 saturated carbocycles. The summed E-state index contributed by atoms with van der Waals surface area (Å²) in [5.41, 5.74) is 2.54. The third kappa shape index (κ3) is 6.88. The van der Waals surface area contributed by atoms with Gasteiger partial charge in [-0.3, -0.25) is 4.79 Å². The minimum Gasteiger partial charge on any atom is -0.493 e. The molecule has 1 N–H and O–H groups in total. The van der Waals surface area contributed by atoms with Crippen molar-refractivity contribution >= 4 is 23.6 Å². The molecule has 166 valence electrons. The van der Waals surface area contributed by atoms with Crippen molar-refractivity contribution in [3.8, 4) is 11.5 Å². The first-order valence-corrected chi connectivity index (χ1v) is 10.5. The van der Waals surface area contributed by atoms with Crippen LogP contribution in [0.15, 0.2) is 48.5 Å². The lowest BCUT2D eigenvalue weighted by molar-refractivity contribution is -0.148. The zero-order chi connectivity index (χ0) is 22.8. The highest BCUT2D eigenvalue weighted by Gasteiger charge is 2.19. The highest BCUT2D eigenvalue weighted by molar-refractivity contribution is 5.97. The maximum Gasteiger partial charge on any atom is 0.331 e. The first-order valence-electron chi connectivity index (χ1n) is 10.5. The summed E-state index contributed by atoms with van der Waals surface area (Å²) in [6, 6.07) is 13.0. The van der Waals surface area contributed by atoms with Gasteiger partial charge >= 0.3 is 5.97 Å². The Hall–Kier alpha value is -3.28. The summed E-state index contributed by atoms with van der Waals surface area (Å²) in [6.07, 6.45) is 2.91. The molecule has 0 unspecified atom stereocenters. The largest absolute Gasteiger partial charge is 0.493 e. The van der Waals surface area contributed by atoms with Gasteiger partial charge in [0, 0.05) is 11.8 Å². The summed E-state index contributed by atoms with van der Waals surface area (Å²) in [4.78, 5) is 24.7. The van der Waals surface area contributed by atoms with E-state index in [4.69, 9.17) is 14.2 Å². The van der Waals surface area contributed by atoms with Crippen molar-refractivity contribution in [2.24, 2.45) is 0 Å². The monoisotopic (exact) mass is 425 g/mol. The van der Waals surface area contributed by atoms with Crippen molar-refractivity contribution < 1.29 is 23.8 Å². The number of esters is 1. The highest BCUT2D eigenvalue weighted by Crippen LogP contribution is 2.29. The fourth-order valence-corrected chi connectivity index (χ4v) is 2.99. The Morgan fingerprint density at radius 1 is 1.06 bits per heavy atom. The van der Waals surface area contributed by atoms with E-state index in [-0.39, 0.29) is 5.91 Å². The topological polar surface area (TPSA) is 73.9 Å². The number of hydrogen-bond acceptors (Lipinski definition) is 5. The summed E-state index contributed by atoms with van der Waals surface area (Å²) >= 11 is 0. The quantitative estimate of drug-likeness (QED) is 0.419. The van der Waals surface area contributed by atoms with Gasteiger partial charge in [0.15, 0.2) is 17.6 Å². The number of rotatable bonds is 10. The number of hydrogen-bond donors (Lipinski definition) is 1. The van der Waals surface area contributed by atoms with Gasteiger partial charge in [-0.1, -0.05) is 38.1 Å². The van der Waals surface area contributed by atoms with Crippen LogP contribution in [0.3, 0.4) is 0 Å². The van der Waals surface area contributed by atoms with Gasteiger partial charge in [-0.05, 0) is 61.6 Å². The molecule has 0 aromatic heterocycles. The van der Waals surface area contributed by atoms with Crippen molar-refractivity contribution in [3.05, 3.63) is 59.7 Å². The van der Waals surface area contributed by atoms with Crippen molar-refractivity contribution in [2.45, 2.75) is 46.1 Å². The van der Waals surface area contributed by atoms with E-state index in [2.05, 4.69) is 19.2 Å². The Morgan fingerprint density at radius 2 is 1.81 bits per heavy atom. The minimum absolute atomic E-state index is 0.309. The van der Waals surface area contributed by atoms with E-state index in [1.807, 2.05) is 31.2 Å². The maximum absolute atomic E-state index is 12.5. The van der Waals surface area contributed by atoms with Crippen LogP contribution in [-0.4, -0.2) is 31.7 Å². The summed E-state index contributed by atoms with van der Waals surface area (Å²) < 4.78 is 16.0. The zero-order valence-electron chi connectivity index (χ0n) is 18.8. The second-order valence-electron chi connectivity index (χ2n) is 7.14. The number of benzene rings is 2. The molecule has 1 amide bonds. The third-order valence-electron chi connectivity index (χ3n) is 4.92. The van der Waals surface area contributed by atoms with Crippen molar-refractivity contribution in [3.63, 3.8) is 0 Å². The lowest BCUT2D eigenvalue weighted by Crippen LogP contribution is -2.29. The molecule has 0 fully saturated rings. The number of nitrogens with one attached hydrogen (secondary N) is 1. The average Bonchev–Trinajstić information content (AvgIpc) is 2.78. The standard InChI is InChI=1S/C25H31NO5/c1-6-17(3)20-10-8-9-11-21(20)26-25(28)18(4)31-24(27)15-13-19-12-14-22(30-7-2)23(16-19)29-5/h8-18H,6-7H2,1-5H3,(H,26,28)/b15-13+/t17-,18+/m1/s1. The average molecular weight is 426 g/mol. The van der Waals surface area contributed by atoms with E-state index in [0.29, 0.717) is 24.0 Å². The fraction of sp³-hybridized carbons (Fsp3) is 0.360. The molecule has 0 spiro atoms. The van der Waals surface area contributed by atoms with Crippen LogP contribution >= 0.6 is 0 Å². The van der Waals surface area contributed by atoms with Gasteiger partial charge in [-0.15, -0.1) is 0 Å². The zero-order valence-corrected chi connectivity index (χ0v) is 18.8. The molecule has 0 radical (unpaired) electrons. The predicted octanol–water partition coefficient (Wildman–Crippen LogP) is 5.19. The summed E-state index contributed by atoms with van der Waals surface area (Å²) in [7, 11) is 1.55. The first kappa shape index (κ1) is 24.0. The van der Waals surface area contributed by atoms with Crippen LogP contribution in [0.2, 0.25) is 0 Å². The summed E-state index contributed by atoms with van der Waals surface area (Å²) in [5, 5.41) is 2.87. The Bertz CT molecular complexity index is 922. The van der Waals surface area contributed by atoms with Crippen LogP contribution < -0.4 is 14.8 Å². The molecule has 2 aromatic rings. The molecule has 6 nitrogen and oxygen atoms in total. The molecule has 0 bridgehead atoms. The van der Waals surface area contributed by atoms with Crippen molar-refractivity contribution in [2.75, 3.05) is 19.0 Å². The van der Waals surface area contributed by atoms with E-state index < -0.39 is 12.1 Å². The number of anilines is 1. The molecule has 0 aliphatic heterocycles. The highest BCUT2D eigenvalue weighted by atomic mass is 16.5. The van der Waals surface area contributed by atoms with Crippen molar-refractivity contribution in [1.82, 2.24) is 0 Å². The number of carbonyl (C=O) groups is 2. The van der Waals surface area contributed by atoms with Gasteiger partial charge in [0.05, 0.1) is 13.7 Å². The van der Waals surface area contributed by atoms with E-state index in [0.717, 1.165) is 23.2 Å². The van der Waals surface area contributed by atoms with Crippen molar-refractivity contribution in [1.29, 1.82) is 0 Å². The molecule has 6 heteroatoms. The first-order chi connectivity index (χ1) is 14.9. The molecule has 31 heavy (non-hydrogen) atoms. The van der Waals surface area contributed by atoms with E-state index in [9.17, 15) is 9.59 Å².